The predicted octanol–water partition coefficient (Wildman–Crippen LogP) is 2.57. The number of piperidine rings is 1. The Balaban J connectivity index is 1.42. The second-order valence-electron chi connectivity index (χ2n) is 8.68. The first-order valence-corrected chi connectivity index (χ1v) is 13.3. The van der Waals surface area contributed by atoms with E-state index in [9.17, 15) is 18.0 Å². The van der Waals surface area contributed by atoms with Crippen LogP contribution >= 0.6 is 11.6 Å². The molecule has 0 bridgehead atoms. The molecule has 3 heterocycles. The van der Waals surface area contributed by atoms with Crippen molar-refractivity contribution >= 4 is 38.8 Å². The van der Waals surface area contributed by atoms with Gasteiger partial charge < -0.3 is 9.72 Å². The number of rotatable bonds is 6. The zero-order chi connectivity index (χ0) is 26.2. The third-order valence-corrected chi connectivity index (χ3v) is 8.60. The van der Waals surface area contributed by atoms with Crippen LogP contribution < -0.4 is 5.56 Å². The first kappa shape index (κ1) is 25.1. The summed E-state index contributed by atoms with van der Waals surface area (Å²) in [6.07, 6.45) is 1.23. The number of ether oxygens (including phenoxy) is 1. The molecule has 1 aliphatic rings. The minimum Gasteiger partial charge on any atom is -0.465 e. The van der Waals surface area contributed by atoms with Gasteiger partial charge >= 0.3 is 5.97 Å². The van der Waals surface area contributed by atoms with Crippen molar-refractivity contribution in [2.75, 3.05) is 20.2 Å². The zero-order valence-corrected chi connectivity index (χ0v) is 21.4. The lowest BCUT2D eigenvalue weighted by Gasteiger charge is -2.31. The number of hydrogen-bond acceptors (Lipinski definition) is 8. The van der Waals surface area contributed by atoms with Gasteiger partial charge in [0, 0.05) is 24.0 Å². The highest BCUT2D eigenvalue weighted by molar-refractivity contribution is 7.89. The largest absolute Gasteiger partial charge is 0.465 e. The Hall–Kier alpha value is -3.61. The Bertz CT molecular complexity index is 1630. The van der Waals surface area contributed by atoms with E-state index in [1.165, 1.54) is 40.4 Å². The molecule has 13 heteroatoms. The van der Waals surface area contributed by atoms with Gasteiger partial charge in [0.05, 0.1) is 24.1 Å². The van der Waals surface area contributed by atoms with E-state index in [2.05, 4.69) is 25.0 Å². The summed E-state index contributed by atoms with van der Waals surface area (Å²) in [4.78, 5) is 31.9. The Kier molecular flexibility index (Phi) is 6.80. The van der Waals surface area contributed by atoms with Crippen molar-refractivity contribution in [1.29, 1.82) is 0 Å². The monoisotopic (exact) mass is 542 g/mol. The Morgan fingerprint density at radius 2 is 1.95 bits per heavy atom. The average molecular weight is 543 g/mol. The summed E-state index contributed by atoms with van der Waals surface area (Å²) >= 11 is 6.28. The molecule has 0 spiro atoms. The Labute approximate surface area is 217 Å². The number of nitrogens with zero attached hydrogens (tertiary/aromatic N) is 5. The molecule has 11 nitrogen and oxygen atoms in total. The third-order valence-electron chi connectivity index (χ3n) is 6.35. The first-order valence-electron chi connectivity index (χ1n) is 11.5. The highest BCUT2D eigenvalue weighted by Crippen LogP contribution is 2.29. The van der Waals surface area contributed by atoms with E-state index >= 15 is 0 Å². The van der Waals surface area contributed by atoms with Gasteiger partial charge in [-0.05, 0) is 48.7 Å². The summed E-state index contributed by atoms with van der Waals surface area (Å²) < 4.78 is 34.2. The van der Waals surface area contributed by atoms with Gasteiger partial charge in [0.1, 0.15) is 5.82 Å². The highest BCUT2D eigenvalue weighted by Gasteiger charge is 2.32. The number of esters is 1. The minimum absolute atomic E-state index is 0.0692. The molecule has 192 valence electrons. The van der Waals surface area contributed by atoms with Crippen LogP contribution in [-0.2, 0) is 21.3 Å². The van der Waals surface area contributed by atoms with Crippen LogP contribution in [0.15, 0.2) is 58.2 Å². The molecule has 1 fully saturated rings. The van der Waals surface area contributed by atoms with Gasteiger partial charge in [-0.25, -0.2) is 22.9 Å². The zero-order valence-electron chi connectivity index (χ0n) is 19.8. The van der Waals surface area contributed by atoms with Crippen molar-refractivity contribution < 1.29 is 17.9 Å². The number of aromatic nitrogens is 5. The van der Waals surface area contributed by atoms with Crippen LogP contribution in [0.1, 0.15) is 40.5 Å². The summed E-state index contributed by atoms with van der Waals surface area (Å²) in [5.41, 5.74) is 1.02. The fourth-order valence-electron chi connectivity index (χ4n) is 4.38. The predicted molar refractivity (Wildman–Crippen MR) is 135 cm³/mol. The van der Waals surface area contributed by atoms with Gasteiger partial charge in [-0.2, -0.15) is 4.31 Å². The molecule has 0 amide bonds. The molecule has 1 atom stereocenters. The fraction of sp³-hybridized carbons (Fsp3) is 0.292. The molecular weight excluding hydrogens is 520 g/mol. The van der Waals surface area contributed by atoms with Crippen molar-refractivity contribution in [3.8, 4) is 0 Å². The molecule has 1 saturated heterocycles. The number of carbonyl (C=O) groups is 1. The second-order valence-corrected chi connectivity index (χ2v) is 11.0. The lowest BCUT2D eigenvalue weighted by atomic mass is 9.99. The van der Waals surface area contributed by atoms with Crippen LogP contribution in [0, 0.1) is 0 Å². The number of halogens is 1. The second kappa shape index (κ2) is 10.0. The molecule has 2 aromatic heterocycles. The van der Waals surface area contributed by atoms with Crippen LogP contribution in [-0.4, -0.2) is 63.9 Å². The summed E-state index contributed by atoms with van der Waals surface area (Å²) in [5.74, 6) is -0.504. The molecule has 4 aromatic rings. The smallest absolute Gasteiger partial charge is 0.337 e. The summed E-state index contributed by atoms with van der Waals surface area (Å²) in [7, 11) is -2.57. The number of aromatic amines is 1. The molecule has 5 rings (SSSR count). The molecule has 2 aromatic carbocycles. The molecule has 1 aliphatic heterocycles. The maximum absolute atomic E-state index is 13.3. The van der Waals surface area contributed by atoms with Crippen molar-refractivity contribution in [1.82, 2.24) is 29.3 Å². The minimum atomic E-state index is -3.83. The molecule has 1 N–H and O–H groups in total. The van der Waals surface area contributed by atoms with E-state index in [0.717, 1.165) is 5.56 Å². The van der Waals surface area contributed by atoms with Crippen molar-refractivity contribution in [2.45, 2.75) is 30.2 Å². The summed E-state index contributed by atoms with van der Waals surface area (Å²) in [6.45, 7) is 0.747. The molecule has 37 heavy (non-hydrogen) atoms. The van der Waals surface area contributed by atoms with Crippen molar-refractivity contribution in [3.05, 3.63) is 80.9 Å². The lowest BCUT2D eigenvalue weighted by molar-refractivity contribution is 0.0600. The highest BCUT2D eigenvalue weighted by atomic mass is 35.5. The van der Waals surface area contributed by atoms with Gasteiger partial charge in [0.15, 0.2) is 11.2 Å². The van der Waals surface area contributed by atoms with Crippen LogP contribution in [0.25, 0.3) is 11.2 Å². The Morgan fingerprint density at radius 3 is 2.68 bits per heavy atom. The van der Waals surface area contributed by atoms with E-state index in [-0.39, 0.29) is 35.0 Å². The van der Waals surface area contributed by atoms with Gasteiger partial charge in [0.25, 0.3) is 5.56 Å². The molecule has 0 aliphatic carbocycles. The average Bonchev–Trinajstić information content (AvgIpc) is 3.33. The van der Waals surface area contributed by atoms with E-state index < -0.39 is 21.6 Å². The van der Waals surface area contributed by atoms with Crippen LogP contribution in [0.2, 0.25) is 5.02 Å². The van der Waals surface area contributed by atoms with Gasteiger partial charge in [-0.15, -0.1) is 5.10 Å². The molecule has 0 unspecified atom stereocenters. The topological polar surface area (TPSA) is 140 Å². The van der Waals surface area contributed by atoms with Crippen molar-refractivity contribution in [3.63, 3.8) is 0 Å². The van der Waals surface area contributed by atoms with Gasteiger partial charge in [-0.3, -0.25) is 4.79 Å². The summed E-state index contributed by atoms with van der Waals surface area (Å²) in [6, 6.07) is 12.9. The fourth-order valence-corrected chi connectivity index (χ4v) is 6.10. The number of carbonyl (C=O) groups excluding carboxylic acids is 1. The molecule has 0 saturated carbocycles. The van der Waals surface area contributed by atoms with Gasteiger partial charge in [0.2, 0.25) is 10.0 Å². The number of hydrogen-bond donors (Lipinski definition) is 1. The van der Waals surface area contributed by atoms with E-state index in [4.69, 9.17) is 11.6 Å². The number of nitrogens with one attached hydrogen (secondary N) is 1. The molecular formula is C24H23ClN6O5S. The maximum Gasteiger partial charge on any atom is 0.337 e. The van der Waals surface area contributed by atoms with Crippen LogP contribution in [0.5, 0.6) is 0 Å². The lowest BCUT2D eigenvalue weighted by Crippen LogP contribution is -2.39. The van der Waals surface area contributed by atoms with E-state index in [1.807, 2.05) is 18.2 Å². The number of fused-ring (bicyclic) bond motifs is 1. The maximum atomic E-state index is 13.3. The number of H-pyrrole nitrogens is 1. The summed E-state index contributed by atoms with van der Waals surface area (Å²) in [5, 5.41) is 8.62. The van der Waals surface area contributed by atoms with Gasteiger partial charge in [-0.1, -0.05) is 35.0 Å². The standard InChI is InChI=1S/C24H23ClN6O5S/c1-36-24(33)15-8-10-18(11-9-15)37(34,35)30-12-4-6-17(13-30)21-26-22-20(23(32)27-21)28-29-31(22)14-16-5-2-3-7-19(16)25/h2-3,5,7-11,17H,4,6,12-14H2,1H3,(H,26,27,32)/t17-/m0/s1. The number of sulfonamides is 1. The van der Waals surface area contributed by atoms with Crippen LogP contribution in [0.3, 0.4) is 0 Å². The Morgan fingerprint density at radius 1 is 1.19 bits per heavy atom. The number of benzene rings is 2. The van der Waals surface area contributed by atoms with Crippen LogP contribution in [0.4, 0.5) is 0 Å². The third kappa shape index (κ3) is 4.87. The van der Waals surface area contributed by atoms with Crippen molar-refractivity contribution in [2.24, 2.45) is 0 Å². The van der Waals surface area contributed by atoms with E-state index in [1.54, 1.807) is 6.07 Å². The number of methoxy groups -OCH3 is 1. The quantitative estimate of drug-likeness (QED) is 0.367. The normalized spacial score (nSPS) is 16.6. The first-order chi connectivity index (χ1) is 17.8. The van der Waals surface area contributed by atoms with E-state index in [0.29, 0.717) is 35.9 Å². The molecule has 0 radical (unpaired) electrons. The SMILES string of the molecule is COC(=O)c1ccc(S(=O)(=O)N2CCC[C@H](c3nc4c(nnn4Cc4ccccc4Cl)c(=O)[nH]3)C2)cc1.